The zero-order chi connectivity index (χ0) is 17.3. The predicted octanol–water partition coefficient (Wildman–Crippen LogP) is 2.14. The van der Waals surface area contributed by atoms with Gasteiger partial charge in [-0.1, -0.05) is 6.07 Å². The van der Waals surface area contributed by atoms with Crippen LogP contribution in [0.15, 0.2) is 36.5 Å². The minimum absolute atomic E-state index is 0.117. The van der Waals surface area contributed by atoms with Gasteiger partial charge in [-0.2, -0.15) is 0 Å². The standard InChI is InChI=1S/C18H19N3O3/c1-20(2)16-7-6-14(11-19-16)17(22)21-9-8-12-4-5-13(10-15(12)21)18(23)24-3/h4-7,10-11H,8-9H2,1-3H3. The van der Waals surface area contributed by atoms with E-state index < -0.39 is 5.97 Å². The summed E-state index contributed by atoms with van der Waals surface area (Å²) in [5, 5.41) is 0. The third-order valence-electron chi connectivity index (χ3n) is 4.10. The predicted molar refractivity (Wildman–Crippen MR) is 91.7 cm³/mol. The van der Waals surface area contributed by atoms with Crippen LogP contribution in [-0.2, 0) is 11.2 Å². The minimum Gasteiger partial charge on any atom is -0.465 e. The highest BCUT2D eigenvalue weighted by Crippen LogP contribution is 2.30. The van der Waals surface area contributed by atoms with Crippen molar-refractivity contribution in [2.45, 2.75) is 6.42 Å². The smallest absolute Gasteiger partial charge is 0.337 e. The molecule has 124 valence electrons. The van der Waals surface area contributed by atoms with Crippen LogP contribution in [0.1, 0.15) is 26.3 Å². The van der Waals surface area contributed by atoms with Gasteiger partial charge < -0.3 is 14.5 Å². The van der Waals surface area contributed by atoms with Crippen molar-refractivity contribution in [2.24, 2.45) is 0 Å². The fraction of sp³-hybridized carbons (Fsp3) is 0.278. The number of anilines is 2. The number of amides is 1. The Kier molecular flexibility index (Phi) is 4.20. The molecule has 0 unspecified atom stereocenters. The van der Waals surface area contributed by atoms with Crippen molar-refractivity contribution in [1.29, 1.82) is 0 Å². The molecular weight excluding hydrogens is 306 g/mol. The van der Waals surface area contributed by atoms with E-state index in [9.17, 15) is 9.59 Å². The average Bonchev–Trinajstić information content (AvgIpc) is 3.03. The van der Waals surface area contributed by atoms with Crippen molar-refractivity contribution >= 4 is 23.4 Å². The third kappa shape index (κ3) is 2.82. The molecule has 24 heavy (non-hydrogen) atoms. The number of benzene rings is 1. The van der Waals surface area contributed by atoms with Crippen LogP contribution in [0.5, 0.6) is 0 Å². The second-order valence-electron chi connectivity index (χ2n) is 5.84. The van der Waals surface area contributed by atoms with E-state index in [0.29, 0.717) is 17.7 Å². The van der Waals surface area contributed by atoms with Crippen molar-refractivity contribution in [1.82, 2.24) is 4.98 Å². The first kappa shape index (κ1) is 16.0. The van der Waals surface area contributed by atoms with Crippen molar-refractivity contribution in [2.75, 3.05) is 37.5 Å². The van der Waals surface area contributed by atoms with Crippen molar-refractivity contribution < 1.29 is 14.3 Å². The minimum atomic E-state index is -0.408. The van der Waals surface area contributed by atoms with Crippen LogP contribution in [-0.4, -0.2) is 44.6 Å². The van der Waals surface area contributed by atoms with Crippen LogP contribution in [0.4, 0.5) is 11.5 Å². The van der Waals surface area contributed by atoms with Gasteiger partial charge in [-0.3, -0.25) is 4.79 Å². The topological polar surface area (TPSA) is 62.7 Å². The zero-order valence-corrected chi connectivity index (χ0v) is 13.9. The molecule has 3 rings (SSSR count). The molecule has 1 amide bonds. The Morgan fingerprint density at radius 2 is 1.92 bits per heavy atom. The van der Waals surface area contributed by atoms with E-state index in [0.717, 1.165) is 23.5 Å². The summed E-state index contributed by atoms with van der Waals surface area (Å²) in [7, 11) is 5.14. The lowest BCUT2D eigenvalue weighted by atomic mass is 10.1. The number of aromatic nitrogens is 1. The molecule has 2 heterocycles. The van der Waals surface area contributed by atoms with Gasteiger partial charge in [0.15, 0.2) is 0 Å². The van der Waals surface area contributed by atoms with Gasteiger partial charge in [-0.25, -0.2) is 9.78 Å². The Morgan fingerprint density at radius 1 is 1.17 bits per heavy atom. The largest absolute Gasteiger partial charge is 0.465 e. The van der Waals surface area contributed by atoms with Gasteiger partial charge in [-0.05, 0) is 36.2 Å². The lowest BCUT2D eigenvalue weighted by Crippen LogP contribution is -2.29. The Labute approximate surface area is 140 Å². The Balaban J connectivity index is 1.89. The quantitative estimate of drug-likeness (QED) is 0.809. The number of carbonyl (C=O) groups excluding carboxylic acids is 2. The third-order valence-corrected chi connectivity index (χ3v) is 4.10. The van der Waals surface area contributed by atoms with E-state index in [1.165, 1.54) is 7.11 Å². The molecule has 6 heteroatoms. The summed E-state index contributed by atoms with van der Waals surface area (Å²) < 4.78 is 4.75. The summed E-state index contributed by atoms with van der Waals surface area (Å²) in [6.45, 7) is 0.591. The maximum Gasteiger partial charge on any atom is 0.337 e. The number of carbonyl (C=O) groups is 2. The SMILES string of the molecule is COC(=O)c1ccc2c(c1)N(C(=O)c1ccc(N(C)C)nc1)CC2. The zero-order valence-electron chi connectivity index (χ0n) is 13.9. The summed E-state index contributed by atoms with van der Waals surface area (Å²) in [5.41, 5.74) is 2.78. The fourth-order valence-corrected chi connectivity index (χ4v) is 2.77. The first-order chi connectivity index (χ1) is 11.5. The summed E-state index contributed by atoms with van der Waals surface area (Å²) in [4.78, 5) is 32.4. The fourth-order valence-electron chi connectivity index (χ4n) is 2.77. The first-order valence-corrected chi connectivity index (χ1v) is 7.67. The molecule has 0 saturated carbocycles. The first-order valence-electron chi connectivity index (χ1n) is 7.67. The van der Waals surface area contributed by atoms with Gasteiger partial charge in [0.1, 0.15) is 5.82 Å². The molecule has 1 aliphatic heterocycles. The number of hydrogen-bond donors (Lipinski definition) is 0. The van der Waals surface area contributed by atoms with E-state index in [2.05, 4.69) is 4.98 Å². The highest BCUT2D eigenvalue weighted by atomic mass is 16.5. The number of ether oxygens (including phenoxy) is 1. The van der Waals surface area contributed by atoms with Gasteiger partial charge in [0.2, 0.25) is 0 Å². The van der Waals surface area contributed by atoms with Gasteiger partial charge >= 0.3 is 5.97 Å². The van der Waals surface area contributed by atoms with Crippen LogP contribution < -0.4 is 9.80 Å². The van der Waals surface area contributed by atoms with E-state index in [4.69, 9.17) is 4.74 Å². The van der Waals surface area contributed by atoms with Gasteiger partial charge in [0, 0.05) is 32.5 Å². The maximum atomic E-state index is 12.8. The Hall–Kier alpha value is -2.89. The molecule has 1 aromatic heterocycles. The van der Waals surface area contributed by atoms with Crippen molar-refractivity contribution in [3.63, 3.8) is 0 Å². The second kappa shape index (κ2) is 6.31. The molecular formula is C18H19N3O3. The average molecular weight is 325 g/mol. The van der Waals surface area contributed by atoms with Crippen LogP contribution >= 0.6 is 0 Å². The van der Waals surface area contributed by atoms with E-state index >= 15 is 0 Å². The molecule has 1 aliphatic rings. The molecule has 2 aromatic rings. The Bertz CT molecular complexity index is 785. The highest BCUT2D eigenvalue weighted by Gasteiger charge is 2.27. The number of esters is 1. The molecule has 0 saturated heterocycles. The molecule has 0 atom stereocenters. The number of rotatable bonds is 3. The monoisotopic (exact) mass is 325 g/mol. The van der Waals surface area contributed by atoms with Crippen LogP contribution in [0.3, 0.4) is 0 Å². The summed E-state index contributed by atoms with van der Waals surface area (Å²) >= 11 is 0. The van der Waals surface area contributed by atoms with E-state index in [1.54, 1.807) is 29.3 Å². The molecule has 0 fully saturated rings. The molecule has 0 aliphatic carbocycles. The molecule has 6 nitrogen and oxygen atoms in total. The van der Waals surface area contributed by atoms with Crippen LogP contribution in [0.2, 0.25) is 0 Å². The van der Waals surface area contributed by atoms with Crippen molar-refractivity contribution in [3.8, 4) is 0 Å². The lowest BCUT2D eigenvalue weighted by Gasteiger charge is -2.18. The van der Waals surface area contributed by atoms with Gasteiger partial charge in [0.05, 0.1) is 18.2 Å². The van der Waals surface area contributed by atoms with E-state index in [-0.39, 0.29) is 5.91 Å². The van der Waals surface area contributed by atoms with Gasteiger partial charge in [0.25, 0.3) is 5.91 Å². The van der Waals surface area contributed by atoms with Gasteiger partial charge in [-0.15, -0.1) is 0 Å². The second-order valence-corrected chi connectivity index (χ2v) is 5.84. The molecule has 0 bridgehead atoms. The number of nitrogens with zero attached hydrogens (tertiary/aromatic N) is 3. The number of methoxy groups -OCH3 is 1. The highest BCUT2D eigenvalue weighted by molar-refractivity contribution is 6.07. The van der Waals surface area contributed by atoms with Crippen molar-refractivity contribution in [3.05, 3.63) is 53.2 Å². The van der Waals surface area contributed by atoms with Crippen LogP contribution in [0, 0.1) is 0 Å². The maximum absolute atomic E-state index is 12.8. The summed E-state index contributed by atoms with van der Waals surface area (Å²) in [5.74, 6) is 0.268. The molecule has 0 spiro atoms. The normalized spacial score (nSPS) is 12.7. The lowest BCUT2D eigenvalue weighted by molar-refractivity contribution is 0.0600. The molecule has 1 aromatic carbocycles. The molecule has 0 radical (unpaired) electrons. The number of fused-ring (bicyclic) bond motifs is 1. The Morgan fingerprint density at radius 3 is 2.54 bits per heavy atom. The van der Waals surface area contributed by atoms with Crippen LogP contribution in [0.25, 0.3) is 0 Å². The number of hydrogen-bond acceptors (Lipinski definition) is 5. The summed E-state index contributed by atoms with van der Waals surface area (Å²) in [6.07, 6.45) is 2.35. The summed E-state index contributed by atoms with van der Waals surface area (Å²) in [6, 6.07) is 8.91. The van der Waals surface area contributed by atoms with E-state index in [1.807, 2.05) is 31.1 Å². The number of pyridine rings is 1. The molecule has 0 N–H and O–H groups in total.